The molecular weight excluding hydrogens is 297 g/mol. The van der Waals surface area contributed by atoms with Gasteiger partial charge in [-0.2, -0.15) is 0 Å². The van der Waals surface area contributed by atoms with Gasteiger partial charge in [0, 0.05) is 12.1 Å². The molecule has 0 saturated carbocycles. The Morgan fingerprint density at radius 3 is 2.74 bits per heavy atom. The van der Waals surface area contributed by atoms with Crippen molar-refractivity contribution in [3.8, 4) is 0 Å². The topological polar surface area (TPSA) is 60.8 Å². The van der Waals surface area contributed by atoms with Crippen molar-refractivity contribution in [2.45, 2.75) is 25.2 Å². The first-order valence-electron chi connectivity index (χ1n) is 7.53. The molecule has 1 heterocycles. The minimum absolute atomic E-state index is 0.142. The average molecular weight is 315 g/mol. The zero-order valence-corrected chi connectivity index (χ0v) is 12.5. The number of hydrogen-bond donors (Lipinski definition) is 2. The number of nitrogens with zero attached hydrogens (tertiary/aromatic N) is 1. The van der Waals surface area contributed by atoms with Crippen LogP contribution in [0, 0.1) is 5.82 Å². The quantitative estimate of drug-likeness (QED) is 0.913. The van der Waals surface area contributed by atoms with E-state index in [1.165, 1.54) is 12.1 Å². The minimum atomic E-state index is -0.631. The molecule has 2 aromatic rings. The van der Waals surface area contributed by atoms with Crippen molar-refractivity contribution in [1.82, 2.24) is 4.90 Å². The van der Waals surface area contributed by atoms with E-state index in [9.17, 15) is 19.4 Å². The molecule has 1 aliphatic rings. The molecule has 1 fully saturated rings. The summed E-state index contributed by atoms with van der Waals surface area (Å²) in [5.41, 5.74) is 1.78. The molecule has 120 valence electrons. The lowest BCUT2D eigenvalue weighted by Crippen LogP contribution is -2.31. The smallest absolute Gasteiger partial charge is 0.254 e. The first kappa shape index (κ1) is 15.6. The van der Waals surface area contributed by atoms with Gasteiger partial charge in [0.15, 0.2) is 0 Å². The largest absolute Gasteiger partial charge is 0.392 e. The maximum absolute atomic E-state index is 13.5. The minimum Gasteiger partial charge on any atom is -0.392 e. The summed E-state index contributed by atoms with van der Waals surface area (Å²) in [6, 6.07) is 12.5. The first-order valence-corrected chi connectivity index (χ1v) is 7.53. The second-order valence-corrected chi connectivity index (χ2v) is 5.78. The van der Waals surface area contributed by atoms with Crippen molar-refractivity contribution in [2.75, 3.05) is 6.54 Å². The third-order valence-electron chi connectivity index (χ3n) is 4.13. The molecule has 3 rings (SSSR count). The van der Waals surface area contributed by atoms with E-state index >= 15 is 0 Å². The lowest BCUT2D eigenvalue weighted by Gasteiger charge is -2.25. The molecule has 0 spiro atoms. The van der Waals surface area contributed by atoms with E-state index in [1.807, 2.05) is 0 Å². The SMILES string of the molecule is O=C(c1cccc(CO)c1)N1C[C@@H](O)C[C@@H]1c1cccc(F)c1. The number of likely N-dealkylation sites (tertiary alicyclic amines) is 1. The van der Waals surface area contributed by atoms with Gasteiger partial charge in [0.05, 0.1) is 18.8 Å². The van der Waals surface area contributed by atoms with Crippen LogP contribution in [0.25, 0.3) is 0 Å². The Kier molecular flexibility index (Phi) is 4.41. The van der Waals surface area contributed by atoms with Gasteiger partial charge in [0.1, 0.15) is 5.82 Å². The number of benzene rings is 2. The summed E-state index contributed by atoms with van der Waals surface area (Å²) >= 11 is 0. The molecule has 0 aliphatic carbocycles. The number of amides is 1. The molecule has 0 unspecified atom stereocenters. The van der Waals surface area contributed by atoms with Crippen LogP contribution in [0.4, 0.5) is 4.39 Å². The van der Waals surface area contributed by atoms with Gasteiger partial charge in [0.2, 0.25) is 0 Å². The third-order valence-corrected chi connectivity index (χ3v) is 4.13. The Morgan fingerprint density at radius 1 is 1.22 bits per heavy atom. The van der Waals surface area contributed by atoms with Crippen LogP contribution in [0.15, 0.2) is 48.5 Å². The Hall–Kier alpha value is -2.24. The summed E-state index contributed by atoms with van der Waals surface area (Å²) in [5, 5.41) is 19.2. The predicted molar refractivity (Wildman–Crippen MR) is 83.2 cm³/mol. The molecule has 0 bridgehead atoms. The van der Waals surface area contributed by atoms with Crippen LogP contribution in [0.1, 0.15) is 33.9 Å². The van der Waals surface area contributed by atoms with Crippen molar-refractivity contribution in [1.29, 1.82) is 0 Å². The van der Waals surface area contributed by atoms with E-state index < -0.39 is 6.10 Å². The van der Waals surface area contributed by atoms with Crippen LogP contribution in [-0.2, 0) is 6.61 Å². The fourth-order valence-corrected chi connectivity index (χ4v) is 3.04. The lowest BCUT2D eigenvalue weighted by molar-refractivity contribution is 0.0715. The van der Waals surface area contributed by atoms with Gasteiger partial charge in [-0.25, -0.2) is 4.39 Å². The highest BCUT2D eigenvalue weighted by atomic mass is 19.1. The van der Waals surface area contributed by atoms with E-state index in [1.54, 1.807) is 41.3 Å². The fraction of sp³-hybridized carbons (Fsp3) is 0.278. The van der Waals surface area contributed by atoms with Crippen molar-refractivity contribution < 1.29 is 19.4 Å². The number of aliphatic hydroxyl groups excluding tert-OH is 2. The molecular formula is C18H18FNO3. The van der Waals surface area contributed by atoms with E-state index in [0.29, 0.717) is 23.1 Å². The van der Waals surface area contributed by atoms with Crippen LogP contribution in [0.2, 0.25) is 0 Å². The molecule has 1 saturated heterocycles. The molecule has 2 N–H and O–H groups in total. The summed E-state index contributed by atoms with van der Waals surface area (Å²) in [6.45, 7) is 0.0699. The maximum atomic E-state index is 13.5. The average Bonchev–Trinajstić information content (AvgIpc) is 2.96. The number of aliphatic hydroxyl groups is 2. The molecule has 2 aromatic carbocycles. The van der Waals surface area contributed by atoms with Gasteiger partial charge in [0.25, 0.3) is 5.91 Å². The van der Waals surface area contributed by atoms with Gasteiger partial charge < -0.3 is 15.1 Å². The van der Waals surface area contributed by atoms with Gasteiger partial charge in [-0.15, -0.1) is 0 Å². The third kappa shape index (κ3) is 3.25. The van der Waals surface area contributed by atoms with Gasteiger partial charge in [-0.3, -0.25) is 4.79 Å². The Labute approximate surface area is 133 Å². The zero-order chi connectivity index (χ0) is 16.4. The molecule has 0 radical (unpaired) electrons. The van der Waals surface area contributed by atoms with Crippen LogP contribution in [-0.4, -0.2) is 33.7 Å². The highest BCUT2D eigenvalue weighted by Gasteiger charge is 2.35. The summed E-state index contributed by atoms with van der Waals surface area (Å²) in [6.07, 6.45) is -0.247. The van der Waals surface area contributed by atoms with Crippen LogP contribution >= 0.6 is 0 Å². The monoisotopic (exact) mass is 315 g/mol. The second kappa shape index (κ2) is 6.48. The highest BCUT2D eigenvalue weighted by molar-refractivity contribution is 5.95. The standard InChI is InChI=1S/C18H18FNO3/c19-15-6-2-4-13(8-15)17-9-16(22)10-20(17)18(23)14-5-1-3-12(7-14)11-21/h1-8,16-17,21-22H,9-11H2/t16-,17+/m0/s1. The molecule has 0 aromatic heterocycles. The molecule has 1 aliphatic heterocycles. The molecule has 2 atom stereocenters. The Balaban J connectivity index is 1.91. The van der Waals surface area contributed by atoms with Gasteiger partial charge in [-0.05, 0) is 41.8 Å². The number of carbonyl (C=O) groups excluding carboxylic acids is 1. The number of β-amino-alcohol motifs (C(OH)–C–C–N with tert-alkyl or cyclic N) is 1. The summed E-state index contributed by atoms with van der Waals surface area (Å²) in [4.78, 5) is 14.3. The van der Waals surface area contributed by atoms with Crippen molar-refractivity contribution in [3.05, 3.63) is 71.0 Å². The predicted octanol–water partition coefficient (Wildman–Crippen LogP) is 2.27. The Morgan fingerprint density at radius 2 is 2.00 bits per heavy atom. The normalized spacial score (nSPS) is 20.7. The van der Waals surface area contributed by atoms with Crippen LogP contribution in [0.5, 0.6) is 0 Å². The first-order chi connectivity index (χ1) is 11.1. The van der Waals surface area contributed by atoms with E-state index in [-0.39, 0.29) is 30.9 Å². The summed E-state index contributed by atoms with van der Waals surface area (Å²) < 4.78 is 13.5. The van der Waals surface area contributed by atoms with Crippen molar-refractivity contribution in [2.24, 2.45) is 0 Å². The Bertz CT molecular complexity index is 719. The lowest BCUT2D eigenvalue weighted by atomic mass is 10.0. The number of halogens is 1. The highest BCUT2D eigenvalue weighted by Crippen LogP contribution is 2.33. The van der Waals surface area contributed by atoms with Gasteiger partial charge in [-0.1, -0.05) is 24.3 Å². The number of rotatable bonds is 3. The number of carbonyl (C=O) groups is 1. The van der Waals surface area contributed by atoms with E-state index in [4.69, 9.17) is 0 Å². The molecule has 23 heavy (non-hydrogen) atoms. The van der Waals surface area contributed by atoms with Crippen molar-refractivity contribution >= 4 is 5.91 Å². The molecule has 5 heteroatoms. The number of hydrogen-bond acceptors (Lipinski definition) is 3. The summed E-state index contributed by atoms with van der Waals surface area (Å²) in [5.74, 6) is -0.593. The summed E-state index contributed by atoms with van der Waals surface area (Å²) in [7, 11) is 0. The van der Waals surface area contributed by atoms with E-state index in [0.717, 1.165) is 0 Å². The van der Waals surface area contributed by atoms with Crippen molar-refractivity contribution in [3.63, 3.8) is 0 Å². The fourth-order valence-electron chi connectivity index (χ4n) is 3.04. The van der Waals surface area contributed by atoms with Crippen LogP contribution < -0.4 is 0 Å². The maximum Gasteiger partial charge on any atom is 0.254 e. The van der Waals surface area contributed by atoms with Gasteiger partial charge >= 0.3 is 0 Å². The molecule has 1 amide bonds. The second-order valence-electron chi connectivity index (χ2n) is 5.78. The van der Waals surface area contributed by atoms with Crippen LogP contribution in [0.3, 0.4) is 0 Å². The van der Waals surface area contributed by atoms with E-state index in [2.05, 4.69) is 0 Å². The zero-order valence-electron chi connectivity index (χ0n) is 12.5. The molecule has 4 nitrogen and oxygen atoms in total.